The Morgan fingerprint density at radius 2 is 1.23 bits per heavy atom. The summed E-state index contributed by atoms with van der Waals surface area (Å²) in [6, 6.07) is 5.39. The van der Waals surface area contributed by atoms with E-state index in [1.54, 1.807) is 0 Å². The summed E-state index contributed by atoms with van der Waals surface area (Å²) >= 11 is 0. The molecule has 0 amide bonds. The molecular formula is C30H36O18. The molecule has 2 aliphatic rings. The number of rotatable bonds is 10. The highest BCUT2D eigenvalue weighted by Gasteiger charge is 2.46. The number of methoxy groups -OCH3 is 3. The summed E-state index contributed by atoms with van der Waals surface area (Å²) in [6.07, 6.45) is -16.0. The number of fused-ring (bicyclic) bond motifs is 1. The highest BCUT2D eigenvalue weighted by molar-refractivity contribution is 5.91. The Balaban J connectivity index is 1.53. The van der Waals surface area contributed by atoms with Gasteiger partial charge in [-0.2, -0.15) is 0 Å². The van der Waals surface area contributed by atoms with Crippen LogP contribution in [0, 0.1) is 0 Å². The number of aliphatic hydroxyl groups excluding tert-OH is 8. The number of hydrogen-bond donors (Lipinski definition) is 9. The van der Waals surface area contributed by atoms with Crippen LogP contribution in [-0.2, 0) is 9.47 Å². The predicted octanol–water partition coefficient (Wildman–Crippen LogP) is -2.45. The molecule has 1 aromatic heterocycles. The van der Waals surface area contributed by atoms with Crippen molar-refractivity contribution in [2.45, 2.75) is 61.4 Å². The summed E-state index contributed by atoms with van der Waals surface area (Å²) in [5.41, 5.74) is -0.857. The van der Waals surface area contributed by atoms with Crippen molar-refractivity contribution in [2.75, 3.05) is 34.5 Å². The molecule has 3 aromatic rings. The fourth-order valence-corrected chi connectivity index (χ4v) is 5.39. The molecule has 5 rings (SSSR count). The minimum atomic E-state index is -1.83. The third-order valence-electron chi connectivity index (χ3n) is 8.06. The number of hydrogen-bond acceptors (Lipinski definition) is 18. The molecule has 2 aromatic carbocycles. The number of phenols is 1. The van der Waals surface area contributed by atoms with Crippen LogP contribution in [0.15, 0.2) is 33.5 Å². The summed E-state index contributed by atoms with van der Waals surface area (Å²) in [7, 11) is 3.69. The Labute approximate surface area is 271 Å². The Kier molecular flexibility index (Phi) is 10.5. The van der Waals surface area contributed by atoms with Crippen molar-refractivity contribution in [3.05, 3.63) is 34.5 Å². The van der Waals surface area contributed by atoms with Gasteiger partial charge in [-0.15, -0.1) is 0 Å². The third-order valence-corrected chi connectivity index (χ3v) is 8.06. The molecule has 0 spiro atoms. The van der Waals surface area contributed by atoms with Gasteiger partial charge < -0.3 is 83.5 Å². The molecular weight excluding hydrogens is 648 g/mol. The first-order valence-corrected chi connectivity index (χ1v) is 14.5. The molecule has 2 saturated heterocycles. The van der Waals surface area contributed by atoms with E-state index in [0.717, 1.165) is 0 Å². The fourth-order valence-electron chi connectivity index (χ4n) is 5.39. The molecule has 18 nitrogen and oxygen atoms in total. The molecule has 4 unspecified atom stereocenters. The smallest absolute Gasteiger partial charge is 0.239 e. The SMILES string of the molecule is COc1cc(-c2oc3cc(OC)c(O[C@@H]4OC(CO)[C@@H](O)[C@H](O)C4O)c(O)c3c(=O)c2OC)ccc1O[C@@H]1O[C@@H](CO)[C@@H](O)C(O)C1O. The Bertz CT molecular complexity index is 1660. The van der Waals surface area contributed by atoms with Gasteiger partial charge in [0, 0.05) is 11.6 Å². The second-order valence-corrected chi connectivity index (χ2v) is 10.9. The summed E-state index contributed by atoms with van der Waals surface area (Å²) in [4.78, 5) is 13.7. The number of ether oxygens (including phenoxy) is 7. The van der Waals surface area contributed by atoms with Crippen LogP contribution in [0.25, 0.3) is 22.3 Å². The Hall–Kier alpha value is -3.95. The second-order valence-electron chi connectivity index (χ2n) is 10.9. The molecule has 3 heterocycles. The summed E-state index contributed by atoms with van der Waals surface area (Å²) in [6.45, 7) is -1.40. The topological polar surface area (TPSA) is 277 Å². The molecule has 2 fully saturated rings. The zero-order valence-electron chi connectivity index (χ0n) is 25.7. The van der Waals surface area contributed by atoms with E-state index < -0.39 is 96.9 Å². The van der Waals surface area contributed by atoms with Gasteiger partial charge in [0.05, 0.1) is 34.5 Å². The normalized spacial score (nSPS) is 30.6. The number of aliphatic hydroxyl groups is 8. The average Bonchev–Trinajstić information content (AvgIpc) is 3.09. The minimum Gasteiger partial charge on any atom is -0.504 e. The van der Waals surface area contributed by atoms with Crippen molar-refractivity contribution in [2.24, 2.45) is 0 Å². The lowest BCUT2D eigenvalue weighted by atomic mass is 9.99. The largest absolute Gasteiger partial charge is 0.504 e. The van der Waals surface area contributed by atoms with Gasteiger partial charge in [-0.05, 0) is 18.2 Å². The maximum Gasteiger partial charge on any atom is 0.239 e. The maximum atomic E-state index is 13.7. The van der Waals surface area contributed by atoms with Crippen LogP contribution in [0.3, 0.4) is 0 Å². The highest BCUT2D eigenvalue weighted by atomic mass is 16.7. The number of phenolic OH excluding ortho intramolecular Hbond substituents is 1. The van der Waals surface area contributed by atoms with Crippen molar-refractivity contribution in [1.29, 1.82) is 0 Å². The first-order valence-electron chi connectivity index (χ1n) is 14.5. The lowest BCUT2D eigenvalue weighted by Gasteiger charge is -2.39. The van der Waals surface area contributed by atoms with Gasteiger partial charge in [0.25, 0.3) is 0 Å². The first-order chi connectivity index (χ1) is 22.9. The quantitative estimate of drug-likeness (QED) is 0.107. The van der Waals surface area contributed by atoms with E-state index in [4.69, 9.17) is 37.6 Å². The van der Waals surface area contributed by atoms with Crippen LogP contribution < -0.4 is 29.1 Å². The molecule has 0 saturated carbocycles. The Morgan fingerprint density at radius 3 is 1.75 bits per heavy atom. The Morgan fingerprint density at radius 1 is 0.667 bits per heavy atom. The predicted molar refractivity (Wildman–Crippen MR) is 158 cm³/mol. The van der Waals surface area contributed by atoms with Gasteiger partial charge in [0.2, 0.25) is 29.5 Å². The standard InChI is InChI=1S/C30H36O18/c1-41-12-6-10(4-5-11(12)45-29-24(39)22(37)18(33)15(8-31)46-29)26-28(43-3)21(36)17-13(44-26)7-14(42-2)27(20(17)35)48-30-25(40)23(38)19(34)16(9-32)47-30/h4-7,15-16,18-19,22-25,29-35,37-40H,8-9H2,1-3H3/t15-,16?,18+,19+,22?,23-,24?,25?,29+,30-/m0/s1. The minimum absolute atomic E-state index is 0.00183. The molecule has 0 aliphatic carbocycles. The highest BCUT2D eigenvalue weighted by Crippen LogP contribution is 2.46. The van der Waals surface area contributed by atoms with Crippen LogP contribution in [-0.4, -0.2) is 142 Å². The number of aromatic hydroxyl groups is 1. The van der Waals surface area contributed by atoms with Gasteiger partial charge in [-0.3, -0.25) is 4.79 Å². The lowest BCUT2D eigenvalue weighted by molar-refractivity contribution is -0.277. The molecule has 0 bridgehead atoms. The van der Waals surface area contributed by atoms with Crippen molar-refractivity contribution < 1.29 is 83.5 Å². The van der Waals surface area contributed by atoms with E-state index in [0.29, 0.717) is 0 Å². The van der Waals surface area contributed by atoms with E-state index in [9.17, 15) is 50.8 Å². The van der Waals surface area contributed by atoms with Crippen molar-refractivity contribution in [1.82, 2.24) is 0 Å². The molecule has 9 N–H and O–H groups in total. The maximum absolute atomic E-state index is 13.7. The van der Waals surface area contributed by atoms with Gasteiger partial charge >= 0.3 is 0 Å². The molecule has 0 radical (unpaired) electrons. The zero-order valence-corrected chi connectivity index (χ0v) is 25.7. The van der Waals surface area contributed by atoms with E-state index >= 15 is 0 Å². The van der Waals surface area contributed by atoms with Gasteiger partial charge in [-0.25, -0.2) is 0 Å². The summed E-state index contributed by atoms with van der Waals surface area (Å²) in [5, 5.41) is 90.9. The van der Waals surface area contributed by atoms with E-state index in [1.165, 1.54) is 45.6 Å². The van der Waals surface area contributed by atoms with E-state index in [2.05, 4.69) is 0 Å². The summed E-state index contributed by atoms with van der Waals surface area (Å²) in [5.74, 6) is -1.95. The lowest BCUT2D eigenvalue weighted by Crippen LogP contribution is -2.60. The third kappa shape index (κ3) is 6.18. The van der Waals surface area contributed by atoms with Crippen LogP contribution in [0.5, 0.6) is 34.5 Å². The monoisotopic (exact) mass is 684 g/mol. The van der Waals surface area contributed by atoms with Gasteiger partial charge in [0.15, 0.2) is 28.8 Å². The summed E-state index contributed by atoms with van der Waals surface area (Å²) < 4.78 is 44.2. The molecule has 10 atom stereocenters. The van der Waals surface area contributed by atoms with Gasteiger partial charge in [-0.1, -0.05) is 0 Å². The van der Waals surface area contributed by atoms with E-state index in [-0.39, 0.29) is 39.9 Å². The first kappa shape index (κ1) is 35.4. The van der Waals surface area contributed by atoms with Crippen molar-refractivity contribution >= 4 is 11.0 Å². The van der Waals surface area contributed by atoms with Crippen LogP contribution in [0.2, 0.25) is 0 Å². The van der Waals surface area contributed by atoms with Crippen LogP contribution in [0.1, 0.15) is 0 Å². The average molecular weight is 685 g/mol. The zero-order chi connectivity index (χ0) is 35.0. The van der Waals surface area contributed by atoms with E-state index in [1.807, 2.05) is 0 Å². The van der Waals surface area contributed by atoms with Crippen molar-refractivity contribution in [3.8, 4) is 45.8 Å². The van der Waals surface area contributed by atoms with Crippen LogP contribution in [0.4, 0.5) is 0 Å². The molecule has 18 heteroatoms. The molecule has 48 heavy (non-hydrogen) atoms. The van der Waals surface area contributed by atoms with Crippen LogP contribution >= 0.6 is 0 Å². The molecule has 264 valence electrons. The van der Waals surface area contributed by atoms with Gasteiger partial charge in [0.1, 0.15) is 59.8 Å². The number of benzene rings is 2. The fraction of sp³-hybridized carbons (Fsp3) is 0.500. The van der Waals surface area contributed by atoms with Crippen molar-refractivity contribution in [3.63, 3.8) is 0 Å². The molecule has 2 aliphatic heterocycles. The second kappa shape index (κ2) is 14.3.